The molecule has 17 heavy (non-hydrogen) atoms. The summed E-state index contributed by atoms with van der Waals surface area (Å²) in [6, 6.07) is 6.39. The smallest absolute Gasteiger partial charge is 0.129 e. The normalized spacial score (nSPS) is 21.6. The third kappa shape index (κ3) is 3.69. The quantitative estimate of drug-likeness (QED) is 0.846. The van der Waals surface area contributed by atoms with Crippen molar-refractivity contribution in [3.05, 3.63) is 35.6 Å². The largest absolute Gasteiger partial charge is 0.387 e. The van der Waals surface area contributed by atoms with Crippen molar-refractivity contribution in [3.63, 3.8) is 0 Å². The zero-order chi connectivity index (χ0) is 12.1. The highest BCUT2D eigenvalue weighted by molar-refractivity contribution is 7.99. The van der Waals surface area contributed by atoms with Crippen molar-refractivity contribution >= 4 is 11.8 Å². The van der Waals surface area contributed by atoms with Gasteiger partial charge in [-0.15, -0.1) is 0 Å². The van der Waals surface area contributed by atoms with E-state index in [9.17, 15) is 9.50 Å². The number of thioether (sulfide) groups is 1. The molecule has 0 aromatic heterocycles. The Hall–Kier alpha value is -0.580. The first-order valence-corrected chi connectivity index (χ1v) is 7.14. The minimum Gasteiger partial charge on any atom is -0.387 e. The Morgan fingerprint density at radius 3 is 3.00 bits per heavy atom. The van der Waals surface area contributed by atoms with Crippen LogP contribution in [0.5, 0.6) is 0 Å². The van der Waals surface area contributed by atoms with E-state index in [0.717, 1.165) is 6.54 Å². The monoisotopic (exact) mass is 255 g/mol. The molecule has 0 radical (unpaired) electrons. The third-order valence-electron chi connectivity index (χ3n) is 3.06. The number of nitrogens with one attached hydrogen (secondary N) is 1. The van der Waals surface area contributed by atoms with Crippen LogP contribution in [-0.4, -0.2) is 29.7 Å². The minimum atomic E-state index is -0.759. The Morgan fingerprint density at radius 2 is 2.29 bits per heavy atom. The average Bonchev–Trinajstić information content (AvgIpc) is 2.82. The molecular formula is C13H18FNOS. The molecule has 0 amide bonds. The van der Waals surface area contributed by atoms with Crippen molar-refractivity contribution in [2.45, 2.75) is 12.5 Å². The van der Waals surface area contributed by atoms with Crippen LogP contribution in [0, 0.1) is 11.7 Å². The predicted molar refractivity (Wildman–Crippen MR) is 69.7 cm³/mol. The summed E-state index contributed by atoms with van der Waals surface area (Å²) < 4.78 is 13.4. The van der Waals surface area contributed by atoms with Crippen molar-refractivity contribution in [2.24, 2.45) is 5.92 Å². The lowest BCUT2D eigenvalue weighted by atomic mass is 10.1. The van der Waals surface area contributed by atoms with Gasteiger partial charge in [0.2, 0.25) is 0 Å². The van der Waals surface area contributed by atoms with Gasteiger partial charge in [-0.25, -0.2) is 4.39 Å². The molecular weight excluding hydrogens is 237 g/mol. The molecule has 1 saturated heterocycles. The first kappa shape index (κ1) is 12.9. The zero-order valence-electron chi connectivity index (χ0n) is 9.73. The number of aliphatic hydroxyl groups excluding tert-OH is 1. The SMILES string of the molecule is OC(CNCC1CCSC1)c1ccccc1F. The van der Waals surface area contributed by atoms with Gasteiger partial charge >= 0.3 is 0 Å². The van der Waals surface area contributed by atoms with Gasteiger partial charge in [-0.1, -0.05) is 18.2 Å². The average molecular weight is 255 g/mol. The highest BCUT2D eigenvalue weighted by atomic mass is 32.2. The molecule has 1 aromatic rings. The number of hydrogen-bond donors (Lipinski definition) is 2. The number of hydrogen-bond acceptors (Lipinski definition) is 3. The number of aliphatic hydroxyl groups is 1. The molecule has 1 fully saturated rings. The van der Waals surface area contributed by atoms with Gasteiger partial charge in [-0.05, 0) is 36.5 Å². The summed E-state index contributed by atoms with van der Waals surface area (Å²) in [4.78, 5) is 0. The van der Waals surface area contributed by atoms with Gasteiger partial charge < -0.3 is 10.4 Å². The van der Waals surface area contributed by atoms with Gasteiger partial charge in [0.1, 0.15) is 5.82 Å². The molecule has 0 saturated carbocycles. The van der Waals surface area contributed by atoms with Crippen LogP contribution in [0.4, 0.5) is 4.39 Å². The van der Waals surface area contributed by atoms with Gasteiger partial charge in [0.05, 0.1) is 6.10 Å². The van der Waals surface area contributed by atoms with Crippen molar-refractivity contribution in [1.29, 1.82) is 0 Å². The molecule has 4 heteroatoms. The Kier molecular flexibility index (Phi) is 4.83. The molecule has 2 rings (SSSR count). The van der Waals surface area contributed by atoms with Gasteiger partial charge in [0.25, 0.3) is 0 Å². The fourth-order valence-electron chi connectivity index (χ4n) is 2.02. The molecule has 0 aliphatic carbocycles. The topological polar surface area (TPSA) is 32.3 Å². The number of halogens is 1. The fraction of sp³-hybridized carbons (Fsp3) is 0.538. The predicted octanol–water partition coefficient (Wildman–Crippen LogP) is 2.20. The molecule has 1 aliphatic rings. The van der Waals surface area contributed by atoms with Gasteiger partial charge in [-0.3, -0.25) is 0 Å². The van der Waals surface area contributed by atoms with E-state index in [2.05, 4.69) is 5.32 Å². The molecule has 2 nitrogen and oxygen atoms in total. The van der Waals surface area contributed by atoms with Crippen LogP contribution in [0.2, 0.25) is 0 Å². The summed E-state index contributed by atoms with van der Waals surface area (Å²) in [5.41, 5.74) is 0.376. The van der Waals surface area contributed by atoms with Gasteiger partial charge in [-0.2, -0.15) is 11.8 Å². The van der Waals surface area contributed by atoms with Crippen LogP contribution >= 0.6 is 11.8 Å². The summed E-state index contributed by atoms with van der Waals surface area (Å²) in [6.45, 7) is 1.33. The molecule has 0 bridgehead atoms. The van der Waals surface area contributed by atoms with Crippen molar-refractivity contribution in [2.75, 3.05) is 24.6 Å². The minimum absolute atomic E-state index is 0.335. The van der Waals surface area contributed by atoms with Crippen molar-refractivity contribution < 1.29 is 9.50 Å². The molecule has 94 valence electrons. The maximum absolute atomic E-state index is 13.4. The van der Waals surface area contributed by atoms with E-state index in [1.807, 2.05) is 11.8 Å². The summed E-state index contributed by atoms with van der Waals surface area (Å²) in [6.07, 6.45) is 0.484. The number of benzene rings is 1. The fourth-order valence-corrected chi connectivity index (χ4v) is 3.31. The van der Waals surface area contributed by atoms with Crippen LogP contribution in [-0.2, 0) is 0 Å². The third-order valence-corrected chi connectivity index (χ3v) is 4.29. The standard InChI is InChI=1S/C13H18FNOS/c14-12-4-2-1-3-11(12)13(16)8-15-7-10-5-6-17-9-10/h1-4,10,13,15-16H,5-9H2. The summed E-state index contributed by atoms with van der Waals surface area (Å²) >= 11 is 1.98. The van der Waals surface area contributed by atoms with E-state index in [-0.39, 0.29) is 5.82 Å². The van der Waals surface area contributed by atoms with Gasteiger partial charge in [0, 0.05) is 12.1 Å². The van der Waals surface area contributed by atoms with E-state index >= 15 is 0 Å². The second kappa shape index (κ2) is 6.38. The molecule has 1 aromatic carbocycles. The van der Waals surface area contributed by atoms with Gasteiger partial charge in [0.15, 0.2) is 0 Å². The van der Waals surface area contributed by atoms with E-state index in [0.29, 0.717) is 18.0 Å². The lowest BCUT2D eigenvalue weighted by Gasteiger charge is -2.15. The first-order chi connectivity index (χ1) is 8.27. The van der Waals surface area contributed by atoms with Crippen LogP contribution in [0.25, 0.3) is 0 Å². The summed E-state index contributed by atoms with van der Waals surface area (Å²) in [5.74, 6) is 2.80. The van der Waals surface area contributed by atoms with E-state index in [1.54, 1.807) is 18.2 Å². The molecule has 2 unspecified atom stereocenters. The Morgan fingerprint density at radius 1 is 1.47 bits per heavy atom. The second-order valence-electron chi connectivity index (χ2n) is 4.43. The van der Waals surface area contributed by atoms with Crippen molar-refractivity contribution in [1.82, 2.24) is 5.32 Å². The first-order valence-electron chi connectivity index (χ1n) is 5.98. The highest BCUT2D eigenvalue weighted by Gasteiger charge is 2.16. The van der Waals surface area contributed by atoms with E-state index in [4.69, 9.17) is 0 Å². The lowest BCUT2D eigenvalue weighted by molar-refractivity contribution is 0.168. The maximum atomic E-state index is 13.4. The zero-order valence-corrected chi connectivity index (χ0v) is 10.5. The van der Waals surface area contributed by atoms with E-state index in [1.165, 1.54) is 24.0 Å². The van der Waals surface area contributed by atoms with Crippen LogP contribution < -0.4 is 5.32 Å². The molecule has 0 spiro atoms. The van der Waals surface area contributed by atoms with E-state index < -0.39 is 6.10 Å². The molecule has 2 atom stereocenters. The second-order valence-corrected chi connectivity index (χ2v) is 5.58. The molecule has 2 N–H and O–H groups in total. The lowest BCUT2D eigenvalue weighted by Crippen LogP contribution is -2.27. The molecule has 1 aliphatic heterocycles. The Bertz CT molecular complexity index is 355. The summed E-state index contributed by atoms with van der Waals surface area (Å²) in [5, 5.41) is 13.1. The Balaban J connectivity index is 1.77. The maximum Gasteiger partial charge on any atom is 0.129 e. The van der Waals surface area contributed by atoms with Crippen LogP contribution in [0.1, 0.15) is 18.1 Å². The van der Waals surface area contributed by atoms with Crippen LogP contribution in [0.15, 0.2) is 24.3 Å². The summed E-state index contributed by atoms with van der Waals surface area (Å²) in [7, 11) is 0. The highest BCUT2D eigenvalue weighted by Crippen LogP contribution is 2.22. The Labute approximate surface area is 106 Å². The number of rotatable bonds is 5. The molecule has 1 heterocycles. The van der Waals surface area contributed by atoms with Crippen LogP contribution in [0.3, 0.4) is 0 Å². The van der Waals surface area contributed by atoms with Crippen molar-refractivity contribution in [3.8, 4) is 0 Å².